The van der Waals surface area contributed by atoms with Crippen LogP contribution in [0.2, 0.25) is 5.02 Å². The van der Waals surface area contributed by atoms with Gasteiger partial charge in [0.05, 0.1) is 0 Å². The third kappa shape index (κ3) is 3.24. The second-order valence-corrected chi connectivity index (χ2v) is 5.33. The van der Waals surface area contributed by atoms with E-state index in [2.05, 4.69) is 21.2 Å². The number of hydrogen-bond donors (Lipinski definition) is 1. The Balaban J connectivity index is 2.11. The second-order valence-electron chi connectivity index (χ2n) is 4.07. The van der Waals surface area contributed by atoms with Crippen molar-refractivity contribution >= 4 is 33.2 Å². The quantitative estimate of drug-likeness (QED) is 0.820. The Labute approximate surface area is 119 Å². The van der Waals surface area contributed by atoms with Crippen LogP contribution in [0.5, 0.6) is 0 Å². The SMILES string of the molecule is Cc1ccc(NCc2ccc(F)cc2Cl)c(Br)c1. The lowest BCUT2D eigenvalue weighted by molar-refractivity contribution is 0.627. The van der Waals surface area contributed by atoms with Crippen molar-refractivity contribution in [2.24, 2.45) is 0 Å². The normalized spacial score (nSPS) is 10.4. The van der Waals surface area contributed by atoms with Crippen molar-refractivity contribution in [2.75, 3.05) is 5.32 Å². The van der Waals surface area contributed by atoms with Crippen LogP contribution in [0.15, 0.2) is 40.9 Å². The lowest BCUT2D eigenvalue weighted by Crippen LogP contribution is -2.01. The number of aryl methyl sites for hydroxylation is 1. The number of halogens is 3. The zero-order chi connectivity index (χ0) is 13.1. The maximum absolute atomic E-state index is 12.9. The van der Waals surface area contributed by atoms with Crippen LogP contribution in [0.1, 0.15) is 11.1 Å². The van der Waals surface area contributed by atoms with Gasteiger partial charge in [-0.3, -0.25) is 0 Å². The van der Waals surface area contributed by atoms with Gasteiger partial charge in [-0.15, -0.1) is 0 Å². The van der Waals surface area contributed by atoms with Crippen molar-refractivity contribution in [2.45, 2.75) is 13.5 Å². The highest BCUT2D eigenvalue weighted by Gasteiger charge is 2.04. The van der Waals surface area contributed by atoms with Gasteiger partial charge in [-0.2, -0.15) is 0 Å². The average Bonchev–Trinajstić information content (AvgIpc) is 2.30. The van der Waals surface area contributed by atoms with E-state index in [0.717, 1.165) is 15.7 Å². The van der Waals surface area contributed by atoms with Crippen molar-refractivity contribution in [3.8, 4) is 0 Å². The number of hydrogen-bond acceptors (Lipinski definition) is 1. The van der Waals surface area contributed by atoms with Gasteiger partial charge in [-0.05, 0) is 58.2 Å². The third-order valence-electron chi connectivity index (χ3n) is 2.61. The molecule has 0 saturated heterocycles. The zero-order valence-electron chi connectivity index (χ0n) is 9.81. The lowest BCUT2D eigenvalue weighted by Gasteiger charge is -2.10. The first kappa shape index (κ1) is 13.4. The Bertz CT molecular complexity index is 520. The van der Waals surface area contributed by atoms with Gasteiger partial charge in [-0.25, -0.2) is 4.39 Å². The van der Waals surface area contributed by atoms with Gasteiger partial charge in [0.1, 0.15) is 5.82 Å². The standard InChI is InChI=1S/C14H12BrClFN/c1-9-2-5-14(12(15)6-9)18-8-10-3-4-11(17)7-13(10)16/h2-7,18H,8H2,1H3. The van der Waals surface area contributed by atoms with Crippen molar-refractivity contribution in [1.82, 2.24) is 0 Å². The molecule has 0 bridgehead atoms. The van der Waals surface area contributed by atoms with E-state index in [4.69, 9.17) is 11.6 Å². The summed E-state index contributed by atoms with van der Waals surface area (Å²) in [5.74, 6) is -0.319. The van der Waals surface area contributed by atoms with Crippen LogP contribution in [0.3, 0.4) is 0 Å². The molecule has 0 atom stereocenters. The zero-order valence-corrected chi connectivity index (χ0v) is 12.1. The molecule has 1 nitrogen and oxygen atoms in total. The molecule has 0 aliphatic rings. The largest absolute Gasteiger partial charge is 0.380 e. The molecule has 2 aromatic rings. The Kier molecular flexibility index (Phi) is 4.25. The molecule has 94 valence electrons. The Hall–Kier alpha value is -1.06. The summed E-state index contributed by atoms with van der Waals surface area (Å²) in [6.07, 6.45) is 0. The molecule has 2 aromatic carbocycles. The first-order valence-corrected chi connectivity index (χ1v) is 6.67. The molecule has 0 heterocycles. The Morgan fingerprint density at radius 2 is 2.00 bits per heavy atom. The van der Waals surface area contributed by atoms with Gasteiger partial charge in [0.25, 0.3) is 0 Å². The Morgan fingerprint density at radius 1 is 1.22 bits per heavy atom. The molecule has 0 amide bonds. The summed E-state index contributed by atoms with van der Waals surface area (Å²) in [6.45, 7) is 2.59. The summed E-state index contributed by atoms with van der Waals surface area (Å²) < 4.78 is 13.9. The van der Waals surface area contributed by atoms with Gasteiger partial charge >= 0.3 is 0 Å². The van der Waals surface area contributed by atoms with E-state index in [-0.39, 0.29) is 5.82 Å². The first-order valence-electron chi connectivity index (χ1n) is 5.50. The minimum absolute atomic E-state index is 0.319. The summed E-state index contributed by atoms with van der Waals surface area (Å²) in [5, 5.41) is 3.70. The van der Waals surface area contributed by atoms with Crippen LogP contribution < -0.4 is 5.32 Å². The summed E-state index contributed by atoms with van der Waals surface area (Å²) in [5.41, 5.74) is 3.04. The molecule has 0 unspecified atom stereocenters. The molecule has 0 radical (unpaired) electrons. The Morgan fingerprint density at radius 3 is 2.67 bits per heavy atom. The molecule has 1 N–H and O–H groups in total. The smallest absolute Gasteiger partial charge is 0.124 e. The summed E-state index contributed by atoms with van der Waals surface area (Å²) >= 11 is 9.46. The molecule has 0 aliphatic heterocycles. The fourth-order valence-electron chi connectivity index (χ4n) is 1.62. The summed E-state index contributed by atoms with van der Waals surface area (Å²) in [7, 11) is 0. The minimum atomic E-state index is -0.319. The first-order chi connectivity index (χ1) is 8.56. The van der Waals surface area contributed by atoms with Crippen LogP contribution in [-0.2, 0) is 6.54 Å². The predicted octanol–water partition coefficient (Wildman–Crippen LogP) is 5.16. The molecule has 2 rings (SSSR count). The predicted molar refractivity (Wildman–Crippen MR) is 77.6 cm³/mol. The van der Waals surface area contributed by atoms with Gasteiger partial charge < -0.3 is 5.32 Å². The fraction of sp³-hybridized carbons (Fsp3) is 0.143. The molecule has 18 heavy (non-hydrogen) atoms. The van der Waals surface area contributed by atoms with Crippen molar-refractivity contribution in [3.63, 3.8) is 0 Å². The lowest BCUT2D eigenvalue weighted by atomic mass is 10.2. The van der Waals surface area contributed by atoms with E-state index < -0.39 is 0 Å². The molecule has 4 heteroatoms. The average molecular weight is 329 g/mol. The molecule has 0 aromatic heterocycles. The number of rotatable bonds is 3. The van der Waals surface area contributed by atoms with Crippen LogP contribution in [0, 0.1) is 12.7 Å². The van der Waals surface area contributed by atoms with Crippen molar-refractivity contribution < 1.29 is 4.39 Å². The highest BCUT2D eigenvalue weighted by molar-refractivity contribution is 9.10. The van der Waals surface area contributed by atoms with E-state index in [0.29, 0.717) is 11.6 Å². The fourth-order valence-corrected chi connectivity index (χ4v) is 2.49. The van der Waals surface area contributed by atoms with Crippen LogP contribution in [-0.4, -0.2) is 0 Å². The van der Waals surface area contributed by atoms with Crippen molar-refractivity contribution in [3.05, 3.63) is 62.8 Å². The van der Waals surface area contributed by atoms with E-state index >= 15 is 0 Å². The highest BCUT2D eigenvalue weighted by Crippen LogP contribution is 2.25. The highest BCUT2D eigenvalue weighted by atomic mass is 79.9. The molecular formula is C14H12BrClFN. The molecule has 0 fully saturated rings. The summed E-state index contributed by atoms with van der Waals surface area (Å²) in [4.78, 5) is 0. The van der Waals surface area contributed by atoms with Gasteiger partial charge in [0.2, 0.25) is 0 Å². The molecular weight excluding hydrogens is 317 g/mol. The number of benzene rings is 2. The van der Waals surface area contributed by atoms with E-state index in [1.165, 1.54) is 17.7 Å². The number of nitrogens with one attached hydrogen (secondary N) is 1. The monoisotopic (exact) mass is 327 g/mol. The van der Waals surface area contributed by atoms with Crippen LogP contribution >= 0.6 is 27.5 Å². The van der Waals surface area contributed by atoms with E-state index in [1.807, 2.05) is 25.1 Å². The van der Waals surface area contributed by atoms with Crippen LogP contribution in [0.25, 0.3) is 0 Å². The maximum atomic E-state index is 12.9. The second kappa shape index (κ2) is 5.72. The van der Waals surface area contributed by atoms with E-state index in [9.17, 15) is 4.39 Å². The van der Waals surface area contributed by atoms with Crippen LogP contribution in [0.4, 0.5) is 10.1 Å². The number of anilines is 1. The van der Waals surface area contributed by atoms with Gasteiger partial charge in [0.15, 0.2) is 0 Å². The minimum Gasteiger partial charge on any atom is -0.380 e. The molecule has 0 spiro atoms. The molecule has 0 aliphatic carbocycles. The topological polar surface area (TPSA) is 12.0 Å². The van der Waals surface area contributed by atoms with Gasteiger partial charge in [-0.1, -0.05) is 23.7 Å². The maximum Gasteiger partial charge on any atom is 0.124 e. The van der Waals surface area contributed by atoms with Crippen molar-refractivity contribution in [1.29, 1.82) is 0 Å². The van der Waals surface area contributed by atoms with Gasteiger partial charge in [0, 0.05) is 21.7 Å². The summed E-state index contributed by atoms with van der Waals surface area (Å²) in [6, 6.07) is 10.5. The van der Waals surface area contributed by atoms with E-state index in [1.54, 1.807) is 6.07 Å². The molecule has 0 saturated carbocycles. The third-order valence-corrected chi connectivity index (χ3v) is 3.62.